The van der Waals surface area contributed by atoms with Gasteiger partial charge in [-0.05, 0) is 101 Å². The molecule has 0 radical (unpaired) electrons. The highest BCUT2D eigenvalue weighted by Crippen LogP contribution is 2.52. The molecule has 0 amide bonds. The summed E-state index contributed by atoms with van der Waals surface area (Å²) in [5.41, 5.74) is 8.65. The van der Waals surface area contributed by atoms with Crippen LogP contribution in [0.5, 0.6) is 5.75 Å². The molecule has 2 aromatic rings. The van der Waals surface area contributed by atoms with Crippen molar-refractivity contribution >= 4 is 13.9 Å². The molecule has 0 bridgehead atoms. The Labute approximate surface area is 227 Å². The quantitative estimate of drug-likeness (QED) is 0.325. The van der Waals surface area contributed by atoms with Crippen LogP contribution in [0.3, 0.4) is 0 Å². The van der Waals surface area contributed by atoms with Crippen molar-refractivity contribution in [1.29, 1.82) is 0 Å². The number of hydrogen-bond donors (Lipinski definition) is 0. The molecule has 2 heterocycles. The second-order valence-corrected chi connectivity index (χ2v) is 13.9. The van der Waals surface area contributed by atoms with Gasteiger partial charge in [-0.25, -0.2) is 0 Å². The molecule has 0 aliphatic carbocycles. The lowest BCUT2D eigenvalue weighted by atomic mass is 9.80. The number of hydrogen-bond acceptors (Lipinski definition) is 3. The van der Waals surface area contributed by atoms with E-state index >= 15 is 0 Å². The highest BCUT2D eigenvalue weighted by molar-refractivity contribution is 7.49. The predicted octanol–water partition coefficient (Wildman–Crippen LogP) is 8.32. The van der Waals surface area contributed by atoms with E-state index in [2.05, 4.69) is 72.7 Å². The normalized spacial score (nSPS) is 19.0. The molecule has 3 nitrogen and oxygen atoms in total. The standard InChI is InChI=1S/C33H49O3P/c1-21(2)25-19-27(22(3)4)31(28(20-25)23(5)6)30-24(7)9-10-29(34-8)32(30)37-33(13-17-36-18-14-33)26-11-15-35-16-12-26/h9-10,19-23,26,37H,11-18H2,1-8H3. The Morgan fingerprint density at radius 3 is 1.89 bits per heavy atom. The van der Waals surface area contributed by atoms with Crippen LogP contribution in [-0.2, 0) is 9.47 Å². The van der Waals surface area contributed by atoms with Gasteiger partial charge in [0.05, 0.1) is 7.11 Å². The van der Waals surface area contributed by atoms with E-state index in [1.807, 2.05) is 7.11 Å². The molecular weight excluding hydrogens is 475 g/mol. The second kappa shape index (κ2) is 12.2. The summed E-state index contributed by atoms with van der Waals surface area (Å²) in [5.74, 6) is 3.13. The molecule has 2 aromatic carbocycles. The zero-order valence-electron chi connectivity index (χ0n) is 24.5. The first-order chi connectivity index (χ1) is 17.7. The molecule has 0 aromatic heterocycles. The third-order valence-electron chi connectivity index (χ3n) is 8.74. The third kappa shape index (κ3) is 5.95. The number of benzene rings is 2. The first-order valence-electron chi connectivity index (χ1n) is 14.5. The molecule has 1 atom stereocenters. The van der Waals surface area contributed by atoms with Crippen LogP contribution in [0.4, 0.5) is 0 Å². The van der Waals surface area contributed by atoms with Crippen LogP contribution in [0.1, 0.15) is 107 Å². The number of rotatable bonds is 8. The van der Waals surface area contributed by atoms with Gasteiger partial charge in [0.25, 0.3) is 0 Å². The molecule has 1 unspecified atom stereocenters. The van der Waals surface area contributed by atoms with Crippen LogP contribution in [0.2, 0.25) is 0 Å². The molecule has 204 valence electrons. The highest BCUT2D eigenvalue weighted by Gasteiger charge is 2.42. The van der Waals surface area contributed by atoms with Crippen molar-refractivity contribution in [2.24, 2.45) is 5.92 Å². The Bertz CT molecular complexity index is 1030. The molecule has 2 fully saturated rings. The van der Waals surface area contributed by atoms with Crippen LogP contribution >= 0.6 is 8.58 Å². The van der Waals surface area contributed by atoms with E-state index in [-0.39, 0.29) is 5.16 Å². The predicted molar refractivity (Wildman–Crippen MR) is 160 cm³/mol. The van der Waals surface area contributed by atoms with Crippen LogP contribution in [0.15, 0.2) is 24.3 Å². The summed E-state index contributed by atoms with van der Waals surface area (Å²) in [6, 6.07) is 9.47. The van der Waals surface area contributed by atoms with Gasteiger partial charge in [0.1, 0.15) is 5.75 Å². The summed E-state index contributed by atoms with van der Waals surface area (Å²) in [4.78, 5) is 0. The topological polar surface area (TPSA) is 27.7 Å². The fourth-order valence-electron chi connectivity index (χ4n) is 6.42. The largest absolute Gasteiger partial charge is 0.496 e. The lowest BCUT2D eigenvalue weighted by molar-refractivity contribution is 0.0148. The van der Waals surface area contributed by atoms with Crippen LogP contribution in [0.25, 0.3) is 11.1 Å². The summed E-state index contributed by atoms with van der Waals surface area (Å²) in [6.07, 6.45) is 4.59. The van der Waals surface area contributed by atoms with E-state index in [1.54, 1.807) is 0 Å². The third-order valence-corrected chi connectivity index (χ3v) is 10.9. The Morgan fingerprint density at radius 1 is 0.811 bits per heavy atom. The first-order valence-corrected chi connectivity index (χ1v) is 15.5. The van der Waals surface area contributed by atoms with E-state index in [9.17, 15) is 0 Å². The first kappa shape index (κ1) is 28.6. The minimum absolute atomic E-state index is 0.256. The molecule has 2 aliphatic heterocycles. The average molecular weight is 525 g/mol. The van der Waals surface area contributed by atoms with Crippen molar-refractivity contribution in [3.8, 4) is 16.9 Å². The molecule has 4 rings (SSSR count). The van der Waals surface area contributed by atoms with Gasteiger partial charge < -0.3 is 14.2 Å². The molecule has 2 aliphatic rings. The molecular formula is C33H49O3P. The Balaban J connectivity index is 1.97. The van der Waals surface area contributed by atoms with Gasteiger partial charge in [0.2, 0.25) is 0 Å². The van der Waals surface area contributed by atoms with Gasteiger partial charge in [-0.1, -0.05) is 68.3 Å². The summed E-state index contributed by atoms with van der Waals surface area (Å²) in [6.45, 7) is 19.9. The Morgan fingerprint density at radius 2 is 1.38 bits per heavy atom. The van der Waals surface area contributed by atoms with E-state index in [0.717, 1.165) is 57.9 Å². The molecule has 4 heteroatoms. The molecule has 37 heavy (non-hydrogen) atoms. The maximum atomic E-state index is 6.15. The van der Waals surface area contributed by atoms with Crippen molar-refractivity contribution in [2.45, 2.75) is 97.1 Å². The van der Waals surface area contributed by atoms with Gasteiger partial charge in [0.15, 0.2) is 0 Å². The number of ether oxygens (including phenoxy) is 3. The van der Waals surface area contributed by atoms with Gasteiger partial charge >= 0.3 is 0 Å². The number of aryl methyl sites for hydroxylation is 1. The zero-order chi connectivity index (χ0) is 26.7. The molecule has 0 spiro atoms. The lowest BCUT2D eigenvalue weighted by Gasteiger charge is -2.46. The molecule has 0 saturated carbocycles. The molecule has 0 N–H and O–H groups in total. The summed E-state index contributed by atoms with van der Waals surface area (Å²) in [7, 11) is 2.54. The minimum Gasteiger partial charge on any atom is -0.496 e. The Kier molecular flexibility index (Phi) is 9.42. The maximum absolute atomic E-state index is 6.15. The van der Waals surface area contributed by atoms with E-state index in [1.165, 1.54) is 38.7 Å². The SMILES string of the molecule is COc1ccc(C)c(-c2c(C(C)C)cc(C(C)C)cc2C(C)C)c1PC1(C2CCOCC2)CCOCC1. The van der Waals surface area contributed by atoms with E-state index in [4.69, 9.17) is 14.2 Å². The number of methoxy groups -OCH3 is 1. The maximum Gasteiger partial charge on any atom is 0.126 e. The monoisotopic (exact) mass is 524 g/mol. The summed E-state index contributed by atoms with van der Waals surface area (Å²) < 4.78 is 17.9. The van der Waals surface area contributed by atoms with Crippen LogP contribution < -0.4 is 10.0 Å². The van der Waals surface area contributed by atoms with Crippen molar-refractivity contribution in [2.75, 3.05) is 33.5 Å². The molecule has 2 saturated heterocycles. The van der Waals surface area contributed by atoms with Crippen LogP contribution in [0, 0.1) is 12.8 Å². The Hall–Kier alpha value is -1.41. The van der Waals surface area contributed by atoms with Crippen LogP contribution in [-0.4, -0.2) is 38.7 Å². The fraction of sp³-hybridized carbons (Fsp3) is 0.636. The van der Waals surface area contributed by atoms with Gasteiger partial charge in [0, 0.05) is 31.7 Å². The average Bonchev–Trinajstić information content (AvgIpc) is 2.89. The lowest BCUT2D eigenvalue weighted by Crippen LogP contribution is -2.43. The minimum atomic E-state index is 0.256. The van der Waals surface area contributed by atoms with Gasteiger partial charge in [-0.15, -0.1) is 0 Å². The second-order valence-electron chi connectivity index (χ2n) is 12.2. The van der Waals surface area contributed by atoms with Crippen molar-refractivity contribution in [1.82, 2.24) is 0 Å². The van der Waals surface area contributed by atoms with Crippen molar-refractivity contribution < 1.29 is 14.2 Å². The summed E-state index contributed by atoms with van der Waals surface area (Å²) >= 11 is 0. The zero-order valence-corrected chi connectivity index (χ0v) is 25.5. The highest BCUT2D eigenvalue weighted by atomic mass is 31.1. The van der Waals surface area contributed by atoms with E-state index in [0.29, 0.717) is 32.3 Å². The fourth-order valence-corrected chi connectivity index (χ4v) is 8.62. The van der Waals surface area contributed by atoms with E-state index < -0.39 is 0 Å². The van der Waals surface area contributed by atoms with Crippen molar-refractivity contribution in [3.05, 3.63) is 46.5 Å². The summed E-state index contributed by atoms with van der Waals surface area (Å²) in [5, 5.41) is 1.68. The van der Waals surface area contributed by atoms with Crippen molar-refractivity contribution in [3.63, 3.8) is 0 Å². The van der Waals surface area contributed by atoms with Gasteiger partial charge in [-0.2, -0.15) is 0 Å². The van der Waals surface area contributed by atoms with Gasteiger partial charge in [-0.3, -0.25) is 0 Å². The smallest absolute Gasteiger partial charge is 0.126 e.